The van der Waals surface area contributed by atoms with Gasteiger partial charge in [-0.3, -0.25) is 9.59 Å². The summed E-state index contributed by atoms with van der Waals surface area (Å²) in [6.45, 7) is 0.910. The van der Waals surface area contributed by atoms with Gasteiger partial charge in [-0.2, -0.15) is 0 Å². The molecule has 0 saturated carbocycles. The largest absolute Gasteiger partial charge is 0.395 e. The lowest BCUT2D eigenvalue weighted by Crippen LogP contribution is -2.43. The zero-order valence-electron chi connectivity index (χ0n) is 11.7. The van der Waals surface area contributed by atoms with Gasteiger partial charge in [0.15, 0.2) is 0 Å². The van der Waals surface area contributed by atoms with Crippen LogP contribution in [0.2, 0.25) is 0 Å². The first-order valence-electron chi connectivity index (χ1n) is 6.26. The van der Waals surface area contributed by atoms with Crippen LogP contribution in [0.15, 0.2) is 17.5 Å². The Morgan fingerprint density at radius 1 is 1.40 bits per heavy atom. The highest BCUT2D eigenvalue weighted by molar-refractivity contribution is 7.12. The van der Waals surface area contributed by atoms with Crippen LogP contribution in [0.3, 0.4) is 0 Å². The SMILES string of the molecule is COCCN(CCO)C(=O)CN(C)C(=O)c1cccs1. The first-order valence-corrected chi connectivity index (χ1v) is 7.14. The monoisotopic (exact) mass is 300 g/mol. The number of hydrogen-bond donors (Lipinski definition) is 1. The van der Waals surface area contributed by atoms with Gasteiger partial charge in [-0.1, -0.05) is 6.07 Å². The van der Waals surface area contributed by atoms with Crippen molar-refractivity contribution in [1.82, 2.24) is 9.80 Å². The Kier molecular flexibility index (Phi) is 7.21. The molecule has 0 bridgehead atoms. The molecule has 6 nitrogen and oxygen atoms in total. The lowest BCUT2D eigenvalue weighted by atomic mass is 10.3. The molecule has 0 aliphatic carbocycles. The summed E-state index contributed by atoms with van der Waals surface area (Å²) in [5, 5.41) is 10.8. The van der Waals surface area contributed by atoms with Gasteiger partial charge in [0.1, 0.15) is 0 Å². The number of carbonyl (C=O) groups excluding carboxylic acids is 2. The standard InChI is InChI=1S/C13H20N2O4S/c1-14(13(18)11-4-3-9-20-11)10-12(17)15(5-7-16)6-8-19-2/h3-4,9,16H,5-8,10H2,1-2H3. The second kappa shape index (κ2) is 8.68. The molecule has 7 heteroatoms. The van der Waals surface area contributed by atoms with Gasteiger partial charge < -0.3 is 19.6 Å². The molecule has 0 fully saturated rings. The predicted octanol–water partition coefficient (Wildman–Crippen LogP) is 0.287. The van der Waals surface area contributed by atoms with E-state index in [0.29, 0.717) is 18.0 Å². The third-order valence-electron chi connectivity index (χ3n) is 2.74. The fraction of sp³-hybridized carbons (Fsp3) is 0.538. The van der Waals surface area contributed by atoms with E-state index in [1.165, 1.54) is 21.1 Å². The van der Waals surface area contributed by atoms with Gasteiger partial charge in [0.05, 0.1) is 24.6 Å². The molecule has 0 aliphatic rings. The Morgan fingerprint density at radius 2 is 2.15 bits per heavy atom. The van der Waals surface area contributed by atoms with E-state index >= 15 is 0 Å². The van der Waals surface area contributed by atoms with Crippen LogP contribution >= 0.6 is 11.3 Å². The van der Waals surface area contributed by atoms with Crippen LogP contribution in [0.25, 0.3) is 0 Å². The second-order valence-electron chi connectivity index (χ2n) is 4.24. The van der Waals surface area contributed by atoms with E-state index in [2.05, 4.69) is 0 Å². The third-order valence-corrected chi connectivity index (χ3v) is 3.60. The van der Waals surface area contributed by atoms with E-state index in [1.807, 2.05) is 5.38 Å². The van der Waals surface area contributed by atoms with Crippen LogP contribution in [-0.4, -0.2) is 73.7 Å². The highest BCUT2D eigenvalue weighted by Crippen LogP contribution is 2.11. The fourth-order valence-corrected chi connectivity index (χ4v) is 2.36. The quantitative estimate of drug-likeness (QED) is 0.749. The van der Waals surface area contributed by atoms with Crippen LogP contribution in [0.5, 0.6) is 0 Å². The molecule has 0 spiro atoms. The number of ether oxygens (including phenoxy) is 1. The minimum atomic E-state index is -0.205. The Bertz CT molecular complexity index is 422. The van der Waals surface area contributed by atoms with Gasteiger partial charge in [-0.25, -0.2) is 0 Å². The molecule has 0 radical (unpaired) electrons. The van der Waals surface area contributed by atoms with Gasteiger partial charge in [0.25, 0.3) is 5.91 Å². The molecule has 20 heavy (non-hydrogen) atoms. The molecule has 1 rings (SSSR count). The van der Waals surface area contributed by atoms with E-state index in [-0.39, 0.29) is 31.5 Å². The number of nitrogens with zero attached hydrogens (tertiary/aromatic N) is 2. The molecular formula is C13H20N2O4S. The molecule has 112 valence electrons. The molecule has 0 unspecified atom stereocenters. The lowest BCUT2D eigenvalue weighted by Gasteiger charge is -2.24. The number of aliphatic hydroxyl groups is 1. The van der Waals surface area contributed by atoms with Crippen molar-refractivity contribution >= 4 is 23.2 Å². The molecular weight excluding hydrogens is 280 g/mol. The van der Waals surface area contributed by atoms with E-state index < -0.39 is 0 Å². The van der Waals surface area contributed by atoms with E-state index in [9.17, 15) is 9.59 Å². The van der Waals surface area contributed by atoms with E-state index in [4.69, 9.17) is 9.84 Å². The number of hydrogen-bond acceptors (Lipinski definition) is 5. The van der Waals surface area contributed by atoms with Crippen LogP contribution in [-0.2, 0) is 9.53 Å². The summed E-state index contributed by atoms with van der Waals surface area (Å²) in [5.74, 6) is -0.382. The van der Waals surface area contributed by atoms with Crippen molar-refractivity contribution in [3.8, 4) is 0 Å². The zero-order valence-corrected chi connectivity index (χ0v) is 12.6. The summed E-state index contributed by atoms with van der Waals surface area (Å²) in [4.78, 5) is 27.6. The Morgan fingerprint density at radius 3 is 2.70 bits per heavy atom. The summed E-state index contributed by atoms with van der Waals surface area (Å²) >= 11 is 1.34. The summed E-state index contributed by atoms with van der Waals surface area (Å²) in [5.41, 5.74) is 0. The fourth-order valence-electron chi connectivity index (χ4n) is 1.65. The van der Waals surface area contributed by atoms with Gasteiger partial charge in [0, 0.05) is 27.2 Å². The number of amides is 2. The van der Waals surface area contributed by atoms with Crippen molar-refractivity contribution in [2.24, 2.45) is 0 Å². The molecule has 2 amide bonds. The van der Waals surface area contributed by atoms with Crippen LogP contribution in [0.1, 0.15) is 9.67 Å². The predicted molar refractivity (Wildman–Crippen MR) is 76.8 cm³/mol. The average molecular weight is 300 g/mol. The lowest BCUT2D eigenvalue weighted by molar-refractivity contribution is -0.132. The zero-order chi connectivity index (χ0) is 15.0. The average Bonchev–Trinajstić information content (AvgIpc) is 2.96. The molecule has 0 aliphatic heterocycles. The van der Waals surface area contributed by atoms with E-state index in [1.54, 1.807) is 26.3 Å². The Balaban J connectivity index is 2.55. The van der Waals surface area contributed by atoms with E-state index in [0.717, 1.165) is 0 Å². The Hall–Kier alpha value is -1.44. The van der Waals surface area contributed by atoms with Gasteiger partial charge in [-0.05, 0) is 11.4 Å². The number of rotatable bonds is 8. The molecule has 0 saturated heterocycles. The van der Waals surface area contributed by atoms with Crippen molar-refractivity contribution in [2.45, 2.75) is 0 Å². The van der Waals surface area contributed by atoms with Crippen LogP contribution in [0, 0.1) is 0 Å². The summed E-state index contributed by atoms with van der Waals surface area (Å²) < 4.78 is 4.93. The third kappa shape index (κ3) is 4.92. The number of thiophene rings is 1. The normalized spacial score (nSPS) is 10.3. The molecule has 1 heterocycles. The maximum Gasteiger partial charge on any atom is 0.264 e. The van der Waals surface area contributed by atoms with Gasteiger partial charge in [-0.15, -0.1) is 11.3 Å². The van der Waals surface area contributed by atoms with Crippen molar-refractivity contribution in [3.63, 3.8) is 0 Å². The number of carbonyl (C=O) groups is 2. The van der Waals surface area contributed by atoms with Crippen LogP contribution < -0.4 is 0 Å². The Labute approximate surface area is 122 Å². The maximum atomic E-state index is 12.1. The number of methoxy groups -OCH3 is 1. The minimum absolute atomic E-state index is 0.0134. The second-order valence-corrected chi connectivity index (χ2v) is 5.18. The number of likely N-dealkylation sites (N-methyl/N-ethyl adjacent to an activating group) is 1. The van der Waals surface area contributed by atoms with Crippen molar-refractivity contribution in [2.75, 3.05) is 47.0 Å². The van der Waals surface area contributed by atoms with Crippen LogP contribution in [0.4, 0.5) is 0 Å². The van der Waals surface area contributed by atoms with Crippen molar-refractivity contribution < 1.29 is 19.4 Å². The molecule has 1 aromatic rings. The smallest absolute Gasteiger partial charge is 0.264 e. The van der Waals surface area contributed by atoms with Gasteiger partial charge in [0.2, 0.25) is 5.91 Å². The summed E-state index contributed by atoms with van der Waals surface area (Å²) in [6, 6.07) is 3.52. The highest BCUT2D eigenvalue weighted by Gasteiger charge is 2.19. The van der Waals surface area contributed by atoms with Gasteiger partial charge >= 0.3 is 0 Å². The number of aliphatic hydroxyl groups excluding tert-OH is 1. The molecule has 1 aromatic heterocycles. The topological polar surface area (TPSA) is 70.1 Å². The van der Waals surface area contributed by atoms with Crippen molar-refractivity contribution in [3.05, 3.63) is 22.4 Å². The first-order chi connectivity index (χ1) is 9.60. The molecule has 0 atom stereocenters. The molecule has 0 aromatic carbocycles. The summed E-state index contributed by atoms with van der Waals surface area (Å²) in [7, 11) is 3.14. The first kappa shape index (κ1) is 16.6. The minimum Gasteiger partial charge on any atom is -0.395 e. The maximum absolute atomic E-state index is 12.1. The highest BCUT2D eigenvalue weighted by atomic mass is 32.1. The summed E-state index contributed by atoms with van der Waals surface area (Å²) in [6.07, 6.45) is 0. The molecule has 1 N–H and O–H groups in total. The van der Waals surface area contributed by atoms with Crippen molar-refractivity contribution in [1.29, 1.82) is 0 Å².